The van der Waals surface area contributed by atoms with E-state index in [-0.39, 0.29) is 0 Å². The van der Waals surface area contributed by atoms with Crippen molar-refractivity contribution in [2.75, 3.05) is 11.9 Å². The Morgan fingerprint density at radius 1 is 1.11 bits per heavy atom. The molecule has 0 bridgehead atoms. The van der Waals surface area contributed by atoms with E-state index in [2.05, 4.69) is 31.4 Å². The first-order valence-electron chi connectivity index (χ1n) is 8.78. The maximum Gasteiger partial charge on any atom is 0.222 e. The fraction of sp³-hybridized carbons (Fsp3) is 0.150. The van der Waals surface area contributed by atoms with Crippen molar-refractivity contribution in [1.29, 1.82) is 5.26 Å². The normalized spacial score (nSPS) is 11.7. The van der Waals surface area contributed by atoms with Crippen LogP contribution in [-0.4, -0.2) is 31.3 Å². The van der Waals surface area contributed by atoms with Crippen LogP contribution in [0.5, 0.6) is 0 Å². The van der Waals surface area contributed by atoms with Crippen molar-refractivity contribution in [1.82, 2.24) is 24.7 Å². The molecule has 0 aliphatic heterocycles. The second-order valence-corrected chi connectivity index (χ2v) is 6.89. The van der Waals surface area contributed by atoms with Crippen LogP contribution in [-0.2, 0) is 6.54 Å². The van der Waals surface area contributed by atoms with E-state index in [0.717, 1.165) is 16.3 Å². The summed E-state index contributed by atoms with van der Waals surface area (Å²) < 4.78 is 1.83. The van der Waals surface area contributed by atoms with Crippen molar-refractivity contribution < 1.29 is 0 Å². The lowest BCUT2D eigenvalue weighted by molar-refractivity contribution is 0.636. The Hall–Kier alpha value is -3.57. The first-order valence-corrected chi connectivity index (χ1v) is 9.66. The molecule has 0 saturated heterocycles. The molecule has 0 radical (unpaired) electrons. The van der Waals surface area contributed by atoms with Gasteiger partial charge in [-0.3, -0.25) is 4.68 Å². The van der Waals surface area contributed by atoms with Crippen LogP contribution < -0.4 is 5.32 Å². The van der Waals surface area contributed by atoms with Crippen LogP contribution in [0.2, 0.25) is 0 Å². The minimum Gasteiger partial charge on any atom is -0.352 e. The van der Waals surface area contributed by atoms with Gasteiger partial charge in [-0.15, -0.1) is 11.3 Å². The van der Waals surface area contributed by atoms with Crippen LogP contribution in [0.3, 0.4) is 0 Å². The monoisotopic (exact) mass is 387 g/mol. The Kier molecular flexibility index (Phi) is 5.36. The molecule has 7 nitrogen and oxygen atoms in total. The fourth-order valence-electron chi connectivity index (χ4n) is 2.74. The van der Waals surface area contributed by atoms with E-state index >= 15 is 0 Å². The van der Waals surface area contributed by atoms with Gasteiger partial charge in [0.15, 0.2) is 0 Å². The van der Waals surface area contributed by atoms with Crippen LogP contribution in [0.25, 0.3) is 11.3 Å². The zero-order valence-corrected chi connectivity index (χ0v) is 15.8. The number of anilines is 1. The van der Waals surface area contributed by atoms with Crippen LogP contribution in [0.15, 0.2) is 66.4 Å². The Labute approximate surface area is 166 Å². The number of rotatable bonds is 7. The molecule has 1 atom stereocenters. The van der Waals surface area contributed by atoms with Crippen molar-refractivity contribution in [3.8, 4) is 17.3 Å². The predicted molar refractivity (Wildman–Crippen MR) is 108 cm³/mol. The summed E-state index contributed by atoms with van der Waals surface area (Å²) in [6.45, 7) is 1.34. The number of aromatic nitrogens is 5. The maximum atomic E-state index is 9.73. The highest BCUT2D eigenvalue weighted by Gasteiger charge is 2.20. The second kappa shape index (κ2) is 8.41. The summed E-state index contributed by atoms with van der Waals surface area (Å²) in [4.78, 5) is 13.4. The second-order valence-electron chi connectivity index (χ2n) is 6.00. The minimum absolute atomic E-state index is 0.491. The number of thiazole rings is 1. The lowest BCUT2D eigenvalue weighted by atomic mass is 10.1. The van der Waals surface area contributed by atoms with Gasteiger partial charge in [0.05, 0.1) is 24.0 Å². The molecule has 3 aromatic heterocycles. The van der Waals surface area contributed by atoms with E-state index in [1.165, 1.54) is 11.3 Å². The predicted octanol–water partition coefficient (Wildman–Crippen LogP) is 3.56. The van der Waals surface area contributed by atoms with Gasteiger partial charge in [-0.05, 0) is 12.1 Å². The summed E-state index contributed by atoms with van der Waals surface area (Å²) in [5, 5.41) is 19.8. The molecule has 3 heterocycles. The van der Waals surface area contributed by atoms with Gasteiger partial charge in [-0.25, -0.2) is 15.0 Å². The molecule has 1 unspecified atom stereocenters. The summed E-state index contributed by atoms with van der Waals surface area (Å²) >= 11 is 1.47. The van der Waals surface area contributed by atoms with Gasteiger partial charge in [0, 0.05) is 36.1 Å². The highest BCUT2D eigenvalue weighted by atomic mass is 32.1. The van der Waals surface area contributed by atoms with Gasteiger partial charge in [0.25, 0.3) is 0 Å². The molecule has 0 aliphatic carbocycles. The van der Waals surface area contributed by atoms with Crippen molar-refractivity contribution in [3.63, 3.8) is 0 Å². The molecule has 0 saturated carbocycles. The Morgan fingerprint density at radius 2 is 2.00 bits per heavy atom. The van der Waals surface area contributed by atoms with E-state index in [9.17, 15) is 5.26 Å². The van der Waals surface area contributed by atoms with E-state index in [1.54, 1.807) is 18.5 Å². The van der Waals surface area contributed by atoms with Crippen molar-refractivity contribution in [2.24, 2.45) is 0 Å². The van der Waals surface area contributed by atoms with Crippen molar-refractivity contribution in [3.05, 3.63) is 77.1 Å². The lowest BCUT2D eigenvalue weighted by Crippen LogP contribution is -2.13. The van der Waals surface area contributed by atoms with Crippen LogP contribution in [0.1, 0.15) is 16.6 Å². The third kappa shape index (κ3) is 4.05. The highest BCUT2D eigenvalue weighted by molar-refractivity contribution is 7.10. The minimum atomic E-state index is -0.530. The molecule has 0 amide bonds. The van der Waals surface area contributed by atoms with Gasteiger partial charge in [-0.1, -0.05) is 30.3 Å². The quantitative estimate of drug-likeness (QED) is 0.521. The topological polar surface area (TPSA) is 92.3 Å². The van der Waals surface area contributed by atoms with Gasteiger partial charge in [0.1, 0.15) is 10.9 Å². The van der Waals surface area contributed by atoms with Gasteiger partial charge in [0.2, 0.25) is 5.95 Å². The number of nitrogens with one attached hydrogen (secondary N) is 1. The zero-order valence-electron chi connectivity index (χ0n) is 14.9. The van der Waals surface area contributed by atoms with Crippen molar-refractivity contribution in [2.45, 2.75) is 12.5 Å². The SMILES string of the molecule is N#CC(c1ccnc(NCCn2cccn2)n1)c1nc(-c2ccccc2)cs1. The van der Waals surface area contributed by atoms with Crippen LogP contribution in [0.4, 0.5) is 5.95 Å². The lowest BCUT2D eigenvalue weighted by Gasteiger charge is -2.09. The molecule has 0 aliphatic rings. The largest absolute Gasteiger partial charge is 0.352 e. The summed E-state index contributed by atoms with van der Waals surface area (Å²) in [5.41, 5.74) is 2.53. The third-order valence-corrected chi connectivity index (χ3v) is 5.03. The van der Waals surface area contributed by atoms with Crippen molar-refractivity contribution >= 4 is 17.3 Å². The summed E-state index contributed by atoms with van der Waals surface area (Å²) in [6.07, 6.45) is 5.30. The van der Waals surface area contributed by atoms with E-state index in [0.29, 0.717) is 24.7 Å². The molecule has 4 rings (SSSR count). The van der Waals surface area contributed by atoms with E-state index < -0.39 is 5.92 Å². The fourth-order valence-corrected chi connectivity index (χ4v) is 3.62. The first kappa shape index (κ1) is 17.8. The molecule has 1 aromatic carbocycles. The standard InChI is InChI=1S/C20H17N7S/c21-13-16(19-25-18(14-28-19)15-5-2-1-3-6-15)17-7-9-22-20(26-17)23-10-12-27-11-4-8-24-27/h1-9,11,14,16H,10,12H2,(H,22,23,26). The molecule has 4 aromatic rings. The molecule has 138 valence electrons. The average molecular weight is 387 g/mol. The number of nitrogens with zero attached hydrogens (tertiary/aromatic N) is 6. The molecular weight excluding hydrogens is 370 g/mol. The zero-order chi connectivity index (χ0) is 19.2. The Balaban J connectivity index is 1.49. The number of benzene rings is 1. The summed E-state index contributed by atoms with van der Waals surface area (Å²) in [5.74, 6) is -0.0399. The molecule has 0 spiro atoms. The average Bonchev–Trinajstić information content (AvgIpc) is 3.42. The molecule has 8 heteroatoms. The highest BCUT2D eigenvalue weighted by Crippen LogP contribution is 2.29. The van der Waals surface area contributed by atoms with Crippen LogP contribution in [0, 0.1) is 11.3 Å². The third-order valence-electron chi connectivity index (χ3n) is 4.12. The molecule has 0 fully saturated rings. The van der Waals surface area contributed by atoms with Gasteiger partial charge >= 0.3 is 0 Å². The smallest absolute Gasteiger partial charge is 0.222 e. The summed E-state index contributed by atoms with van der Waals surface area (Å²) in [6, 6.07) is 15.9. The Bertz CT molecular complexity index is 1070. The van der Waals surface area contributed by atoms with E-state index in [4.69, 9.17) is 0 Å². The molecule has 1 N–H and O–H groups in total. The van der Waals surface area contributed by atoms with Gasteiger partial charge < -0.3 is 5.32 Å². The maximum absolute atomic E-state index is 9.73. The number of hydrogen-bond donors (Lipinski definition) is 1. The van der Waals surface area contributed by atoms with Gasteiger partial charge in [-0.2, -0.15) is 10.4 Å². The van der Waals surface area contributed by atoms with Crippen LogP contribution >= 0.6 is 11.3 Å². The summed E-state index contributed by atoms with van der Waals surface area (Å²) in [7, 11) is 0. The molecular formula is C20H17N7S. The first-order chi connectivity index (χ1) is 13.8. The van der Waals surface area contributed by atoms with E-state index in [1.807, 2.05) is 52.7 Å². The molecule has 28 heavy (non-hydrogen) atoms. The Morgan fingerprint density at radius 3 is 2.79 bits per heavy atom. The number of hydrogen-bond acceptors (Lipinski definition) is 7. The number of nitriles is 1.